The summed E-state index contributed by atoms with van der Waals surface area (Å²) in [4.78, 5) is 0. The highest BCUT2D eigenvalue weighted by Gasteiger charge is 2.26. The first-order chi connectivity index (χ1) is 30.2. The van der Waals surface area contributed by atoms with E-state index in [1.807, 2.05) is 13.0 Å². The van der Waals surface area contributed by atoms with E-state index in [2.05, 4.69) is 222 Å². The van der Waals surface area contributed by atoms with E-state index in [9.17, 15) is 0 Å². The van der Waals surface area contributed by atoms with Gasteiger partial charge in [-0.25, -0.2) is 0 Å². The van der Waals surface area contributed by atoms with Crippen LogP contribution in [0.5, 0.6) is 0 Å². The van der Waals surface area contributed by atoms with Gasteiger partial charge in [-0.1, -0.05) is 158 Å². The van der Waals surface area contributed by atoms with Crippen LogP contribution in [-0.4, -0.2) is 9.13 Å². The molecule has 1 aliphatic rings. The van der Waals surface area contributed by atoms with Gasteiger partial charge in [0.1, 0.15) is 0 Å². The minimum absolute atomic E-state index is 1.09. The molecule has 11 aromatic rings. The van der Waals surface area contributed by atoms with E-state index in [1.54, 1.807) is 0 Å². The molecular formula is C59H40N2. The molecule has 0 amide bonds. The van der Waals surface area contributed by atoms with Crippen LogP contribution in [0.2, 0.25) is 0 Å². The van der Waals surface area contributed by atoms with Crippen LogP contribution in [0.1, 0.15) is 12.5 Å². The third kappa shape index (κ3) is 5.36. The molecule has 0 saturated carbocycles. The van der Waals surface area contributed by atoms with Crippen LogP contribution in [0.25, 0.3) is 116 Å². The zero-order valence-electron chi connectivity index (χ0n) is 33.8. The Balaban J connectivity index is 1.09. The SMILES string of the molecule is C=C/C(=C\C=C/C)c1cccc(-n2c3ccc(-c4ccc5c(c4)c4ccccc4n5-c4cccc(-c5ccccc5)c4)cc3c3c4cccc5c4c(cc32)-c2ccccc2-5)c1. The molecule has 0 aliphatic heterocycles. The first kappa shape index (κ1) is 35.0. The summed E-state index contributed by atoms with van der Waals surface area (Å²) in [7, 11) is 0. The predicted molar refractivity (Wildman–Crippen MR) is 261 cm³/mol. The van der Waals surface area contributed by atoms with Gasteiger partial charge in [-0.15, -0.1) is 0 Å². The molecule has 0 fully saturated rings. The fourth-order valence-electron chi connectivity index (χ4n) is 10.0. The molecule has 0 bridgehead atoms. The molecule has 2 heteroatoms. The number of hydrogen-bond acceptors (Lipinski definition) is 0. The lowest BCUT2D eigenvalue weighted by atomic mass is 9.96. The Kier molecular flexibility index (Phi) is 7.95. The van der Waals surface area contributed by atoms with Crippen molar-refractivity contribution in [3.05, 3.63) is 225 Å². The smallest absolute Gasteiger partial charge is 0.0553 e. The molecule has 61 heavy (non-hydrogen) atoms. The summed E-state index contributed by atoms with van der Waals surface area (Å²) in [6, 6.07) is 69.4. The van der Waals surface area contributed by atoms with Gasteiger partial charge < -0.3 is 9.13 Å². The number of rotatable bonds is 7. The molecule has 1 aliphatic carbocycles. The van der Waals surface area contributed by atoms with E-state index in [0.717, 1.165) is 22.5 Å². The Labute approximate surface area is 354 Å². The average Bonchev–Trinajstić information content (AvgIpc) is 3.96. The molecule has 286 valence electrons. The van der Waals surface area contributed by atoms with Crippen LogP contribution in [0.4, 0.5) is 0 Å². The molecule has 2 aromatic heterocycles. The highest BCUT2D eigenvalue weighted by Crippen LogP contribution is 2.51. The maximum absolute atomic E-state index is 4.16. The van der Waals surface area contributed by atoms with Crippen molar-refractivity contribution in [2.24, 2.45) is 0 Å². The normalized spacial score (nSPS) is 12.4. The topological polar surface area (TPSA) is 9.86 Å². The summed E-state index contributed by atoms with van der Waals surface area (Å²) in [5.74, 6) is 0. The van der Waals surface area contributed by atoms with Gasteiger partial charge in [0.15, 0.2) is 0 Å². The van der Waals surface area contributed by atoms with Gasteiger partial charge in [0.25, 0.3) is 0 Å². The molecule has 0 saturated heterocycles. The standard InChI is InChI=1S/C59H40N2/c1-3-5-16-38(4-2)40-19-13-22-45(33-40)61-56-32-30-43(36-53(56)59-50-27-15-26-49-46-23-9-10-24-47(46)52(58(49)50)37-57(59)61)42-29-31-55-51(35-42)48-25-11-12-28-54(48)60(55)44-21-14-20-41(34-44)39-17-7-6-8-18-39/h3-37H,2H2,1H3/b5-3-,38-16+. The Bertz CT molecular complexity index is 3660. The molecule has 0 atom stereocenters. The second-order valence-corrected chi connectivity index (χ2v) is 16.1. The molecule has 9 aromatic carbocycles. The van der Waals surface area contributed by atoms with Crippen LogP contribution < -0.4 is 0 Å². The fourth-order valence-corrected chi connectivity index (χ4v) is 10.0. The number of fused-ring (bicyclic) bond motifs is 10. The number of allylic oxidation sites excluding steroid dienone is 5. The molecule has 0 radical (unpaired) electrons. The van der Waals surface area contributed by atoms with E-state index < -0.39 is 0 Å². The number of benzene rings is 9. The van der Waals surface area contributed by atoms with Crippen molar-refractivity contribution in [1.82, 2.24) is 9.13 Å². The van der Waals surface area contributed by atoms with Gasteiger partial charge in [-0.05, 0) is 134 Å². The maximum Gasteiger partial charge on any atom is 0.0553 e. The minimum Gasteiger partial charge on any atom is -0.309 e. The van der Waals surface area contributed by atoms with Crippen LogP contribution in [0.15, 0.2) is 219 Å². The summed E-state index contributed by atoms with van der Waals surface area (Å²) in [6.07, 6.45) is 8.21. The molecule has 0 spiro atoms. The van der Waals surface area contributed by atoms with Crippen molar-refractivity contribution in [2.45, 2.75) is 6.92 Å². The predicted octanol–water partition coefficient (Wildman–Crippen LogP) is 16.2. The maximum atomic E-state index is 4.16. The number of para-hydroxylation sites is 1. The van der Waals surface area contributed by atoms with Gasteiger partial charge in [0.2, 0.25) is 0 Å². The Morgan fingerprint density at radius 3 is 1.80 bits per heavy atom. The number of nitrogens with zero attached hydrogens (tertiary/aromatic N) is 2. The second kappa shape index (κ2) is 13.8. The average molecular weight is 777 g/mol. The first-order valence-corrected chi connectivity index (χ1v) is 21.1. The minimum atomic E-state index is 1.09. The molecule has 0 unspecified atom stereocenters. The Morgan fingerprint density at radius 2 is 1.00 bits per heavy atom. The Morgan fingerprint density at radius 1 is 0.410 bits per heavy atom. The number of aromatic nitrogens is 2. The summed E-state index contributed by atoms with van der Waals surface area (Å²) >= 11 is 0. The zero-order chi connectivity index (χ0) is 40.6. The lowest BCUT2D eigenvalue weighted by Gasteiger charge is -2.12. The van der Waals surface area contributed by atoms with E-state index >= 15 is 0 Å². The highest BCUT2D eigenvalue weighted by molar-refractivity contribution is 6.29. The third-order valence-corrected chi connectivity index (χ3v) is 12.7. The van der Waals surface area contributed by atoms with Crippen molar-refractivity contribution in [1.29, 1.82) is 0 Å². The third-order valence-electron chi connectivity index (χ3n) is 12.7. The summed E-state index contributed by atoms with van der Waals surface area (Å²) < 4.78 is 4.89. The monoisotopic (exact) mass is 776 g/mol. The molecule has 12 rings (SSSR count). The lowest BCUT2D eigenvalue weighted by molar-refractivity contribution is 1.18. The van der Waals surface area contributed by atoms with Crippen LogP contribution >= 0.6 is 0 Å². The van der Waals surface area contributed by atoms with E-state index in [-0.39, 0.29) is 0 Å². The van der Waals surface area contributed by atoms with Gasteiger partial charge in [0.05, 0.1) is 22.1 Å². The summed E-state index contributed by atoms with van der Waals surface area (Å²) in [5.41, 5.74) is 19.3. The van der Waals surface area contributed by atoms with E-state index in [4.69, 9.17) is 0 Å². The van der Waals surface area contributed by atoms with Crippen LogP contribution in [0, 0.1) is 0 Å². The van der Waals surface area contributed by atoms with Crippen molar-refractivity contribution in [3.63, 3.8) is 0 Å². The fraction of sp³-hybridized carbons (Fsp3) is 0.0169. The van der Waals surface area contributed by atoms with Crippen molar-refractivity contribution in [2.75, 3.05) is 0 Å². The molecule has 0 N–H and O–H groups in total. The van der Waals surface area contributed by atoms with Gasteiger partial charge in [-0.3, -0.25) is 0 Å². The van der Waals surface area contributed by atoms with Crippen LogP contribution in [0.3, 0.4) is 0 Å². The second-order valence-electron chi connectivity index (χ2n) is 16.1. The number of hydrogen-bond donors (Lipinski definition) is 0. The quantitative estimate of drug-likeness (QED) is 0.143. The van der Waals surface area contributed by atoms with Gasteiger partial charge in [0, 0.05) is 32.9 Å². The van der Waals surface area contributed by atoms with Crippen LogP contribution in [-0.2, 0) is 0 Å². The Hall–Kier alpha value is -7.94. The molecule has 2 nitrogen and oxygen atoms in total. The van der Waals surface area contributed by atoms with Crippen molar-refractivity contribution in [3.8, 4) is 55.9 Å². The first-order valence-electron chi connectivity index (χ1n) is 21.1. The highest BCUT2D eigenvalue weighted by atomic mass is 15.0. The van der Waals surface area contributed by atoms with Crippen molar-refractivity contribution < 1.29 is 0 Å². The van der Waals surface area contributed by atoms with Crippen molar-refractivity contribution >= 4 is 60.0 Å². The van der Waals surface area contributed by atoms with E-state index in [1.165, 1.54) is 98.9 Å². The van der Waals surface area contributed by atoms with E-state index in [0.29, 0.717) is 0 Å². The van der Waals surface area contributed by atoms with Gasteiger partial charge >= 0.3 is 0 Å². The lowest BCUT2D eigenvalue weighted by Crippen LogP contribution is -1.95. The zero-order valence-corrected chi connectivity index (χ0v) is 33.8. The molecule has 2 heterocycles. The van der Waals surface area contributed by atoms with Gasteiger partial charge in [-0.2, -0.15) is 0 Å². The molecular weight excluding hydrogens is 737 g/mol. The largest absolute Gasteiger partial charge is 0.309 e. The summed E-state index contributed by atoms with van der Waals surface area (Å²) in [5, 5.41) is 7.63. The summed E-state index contributed by atoms with van der Waals surface area (Å²) in [6.45, 7) is 6.20.